The monoisotopic (exact) mass is 245 g/mol. The molecule has 4 heteroatoms. The Balaban J connectivity index is 2.37. The van der Waals surface area contributed by atoms with Crippen molar-refractivity contribution in [2.24, 2.45) is 5.92 Å². The number of nitrogen functional groups attached to an aromatic ring is 1. The summed E-state index contributed by atoms with van der Waals surface area (Å²) in [6, 6.07) is 3.48. The number of rotatable bonds is 3. The highest BCUT2D eigenvalue weighted by atomic mass is 16.3. The van der Waals surface area contributed by atoms with Crippen LogP contribution in [0.25, 0.3) is 11.1 Å². The summed E-state index contributed by atoms with van der Waals surface area (Å²) in [5.41, 5.74) is 9.08. The minimum absolute atomic E-state index is 0.118. The molecule has 3 N–H and O–H groups in total. The summed E-state index contributed by atoms with van der Waals surface area (Å²) in [6.07, 6.45) is 3.82. The van der Waals surface area contributed by atoms with Gasteiger partial charge in [-0.2, -0.15) is 5.10 Å². The number of nitrogens with zero attached hydrogens (tertiary/aromatic N) is 2. The van der Waals surface area contributed by atoms with Crippen molar-refractivity contribution in [3.05, 3.63) is 30.1 Å². The number of hydrogen-bond donors (Lipinski definition) is 2. The fourth-order valence-corrected chi connectivity index (χ4v) is 2.01. The molecule has 0 radical (unpaired) electrons. The zero-order valence-electron chi connectivity index (χ0n) is 11.0. The first kappa shape index (κ1) is 12.5. The molecule has 1 heterocycles. The van der Waals surface area contributed by atoms with Gasteiger partial charge in [-0.25, -0.2) is 0 Å². The molecule has 0 spiro atoms. The van der Waals surface area contributed by atoms with Crippen LogP contribution in [0.5, 0.6) is 5.75 Å². The second-order valence-electron chi connectivity index (χ2n) is 5.07. The highest BCUT2D eigenvalue weighted by Gasteiger charge is 2.09. The van der Waals surface area contributed by atoms with E-state index in [-0.39, 0.29) is 5.75 Å². The third-order valence-corrected chi connectivity index (χ3v) is 2.87. The molecular weight excluding hydrogens is 226 g/mol. The second kappa shape index (κ2) is 4.72. The van der Waals surface area contributed by atoms with E-state index in [0.717, 1.165) is 23.2 Å². The van der Waals surface area contributed by atoms with Crippen molar-refractivity contribution in [3.63, 3.8) is 0 Å². The van der Waals surface area contributed by atoms with Crippen molar-refractivity contribution in [2.45, 2.75) is 27.3 Å². The molecule has 2 aromatic rings. The van der Waals surface area contributed by atoms with Gasteiger partial charge in [-0.3, -0.25) is 4.68 Å². The molecule has 96 valence electrons. The molecule has 4 nitrogen and oxygen atoms in total. The number of benzene rings is 1. The highest BCUT2D eigenvalue weighted by molar-refractivity contribution is 5.72. The van der Waals surface area contributed by atoms with Crippen LogP contribution in [0.15, 0.2) is 24.5 Å². The fraction of sp³-hybridized carbons (Fsp3) is 0.357. The maximum absolute atomic E-state index is 9.69. The quantitative estimate of drug-likeness (QED) is 0.645. The maximum Gasteiger partial charge on any atom is 0.139 e. The Kier molecular flexibility index (Phi) is 3.28. The lowest BCUT2D eigenvalue weighted by molar-refractivity contribution is 0.478. The van der Waals surface area contributed by atoms with Gasteiger partial charge in [0.15, 0.2) is 0 Å². The lowest BCUT2D eigenvalue weighted by atomic mass is 10.0. The lowest BCUT2D eigenvalue weighted by Gasteiger charge is -2.07. The highest BCUT2D eigenvalue weighted by Crippen LogP contribution is 2.31. The summed E-state index contributed by atoms with van der Waals surface area (Å²) in [6.45, 7) is 7.17. The van der Waals surface area contributed by atoms with E-state index in [1.807, 2.05) is 24.0 Å². The average molecular weight is 245 g/mol. The van der Waals surface area contributed by atoms with Crippen molar-refractivity contribution in [2.75, 3.05) is 5.73 Å². The molecule has 0 aliphatic heterocycles. The summed E-state index contributed by atoms with van der Waals surface area (Å²) in [4.78, 5) is 0. The van der Waals surface area contributed by atoms with Crippen LogP contribution in [0, 0.1) is 12.8 Å². The van der Waals surface area contributed by atoms with E-state index in [1.54, 1.807) is 12.1 Å². The molecule has 0 fully saturated rings. The van der Waals surface area contributed by atoms with Crippen LogP contribution in [0.1, 0.15) is 19.4 Å². The van der Waals surface area contributed by atoms with Crippen molar-refractivity contribution in [3.8, 4) is 16.9 Å². The largest absolute Gasteiger partial charge is 0.506 e. The predicted octanol–water partition coefficient (Wildman–Crippen LogP) is 2.80. The van der Waals surface area contributed by atoms with Gasteiger partial charge in [-0.05, 0) is 36.1 Å². The second-order valence-corrected chi connectivity index (χ2v) is 5.07. The Morgan fingerprint density at radius 2 is 2.11 bits per heavy atom. The van der Waals surface area contributed by atoms with Crippen LogP contribution in [0.4, 0.5) is 5.69 Å². The van der Waals surface area contributed by atoms with Crippen LogP contribution in [0.3, 0.4) is 0 Å². The zero-order chi connectivity index (χ0) is 13.3. The summed E-state index contributed by atoms with van der Waals surface area (Å²) in [7, 11) is 0. The SMILES string of the molecule is Cc1cc(N)c(O)cc1-c1cnn(CC(C)C)c1. The summed E-state index contributed by atoms with van der Waals surface area (Å²) in [5.74, 6) is 0.672. The molecule has 0 bridgehead atoms. The van der Waals surface area contributed by atoms with Crippen molar-refractivity contribution >= 4 is 5.69 Å². The van der Waals surface area contributed by atoms with Gasteiger partial charge in [0.1, 0.15) is 5.75 Å². The summed E-state index contributed by atoms with van der Waals surface area (Å²) >= 11 is 0. The fourth-order valence-electron chi connectivity index (χ4n) is 2.01. The Hall–Kier alpha value is -1.97. The first-order valence-electron chi connectivity index (χ1n) is 6.09. The third kappa shape index (κ3) is 2.47. The molecular formula is C14H19N3O. The van der Waals surface area contributed by atoms with E-state index in [4.69, 9.17) is 5.73 Å². The van der Waals surface area contributed by atoms with Crippen LogP contribution < -0.4 is 5.73 Å². The third-order valence-electron chi connectivity index (χ3n) is 2.87. The number of aromatic nitrogens is 2. The smallest absolute Gasteiger partial charge is 0.139 e. The number of aryl methyl sites for hydroxylation is 1. The molecule has 2 rings (SSSR count). The van der Waals surface area contributed by atoms with Crippen molar-refractivity contribution < 1.29 is 5.11 Å². The van der Waals surface area contributed by atoms with Gasteiger partial charge < -0.3 is 10.8 Å². The minimum atomic E-state index is 0.118. The van der Waals surface area contributed by atoms with Gasteiger partial charge in [0.05, 0.1) is 11.9 Å². The number of nitrogens with two attached hydrogens (primary N) is 1. The normalized spacial score (nSPS) is 11.1. The first-order chi connectivity index (χ1) is 8.47. The van der Waals surface area contributed by atoms with E-state index < -0.39 is 0 Å². The average Bonchev–Trinajstić information content (AvgIpc) is 2.70. The van der Waals surface area contributed by atoms with E-state index in [9.17, 15) is 5.11 Å². The molecule has 0 unspecified atom stereocenters. The van der Waals surface area contributed by atoms with E-state index in [0.29, 0.717) is 11.6 Å². The number of anilines is 1. The van der Waals surface area contributed by atoms with Crippen LogP contribution in [-0.4, -0.2) is 14.9 Å². The van der Waals surface area contributed by atoms with Gasteiger partial charge in [0, 0.05) is 18.3 Å². The van der Waals surface area contributed by atoms with Crippen LogP contribution >= 0.6 is 0 Å². The van der Waals surface area contributed by atoms with Crippen LogP contribution in [-0.2, 0) is 6.54 Å². The summed E-state index contributed by atoms with van der Waals surface area (Å²) in [5, 5.41) is 14.0. The zero-order valence-corrected chi connectivity index (χ0v) is 11.0. The van der Waals surface area contributed by atoms with Gasteiger partial charge >= 0.3 is 0 Å². The minimum Gasteiger partial charge on any atom is -0.506 e. The van der Waals surface area contributed by atoms with Gasteiger partial charge in [-0.15, -0.1) is 0 Å². The lowest BCUT2D eigenvalue weighted by Crippen LogP contribution is -2.04. The molecule has 0 saturated heterocycles. The molecule has 0 aliphatic rings. The Labute approximate surface area is 107 Å². The molecule has 0 aliphatic carbocycles. The van der Waals surface area contributed by atoms with Gasteiger partial charge in [0.25, 0.3) is 0 Å². The molecule has 0 atom stereocenters. The Bertz CT molecular complexity index is 558. The molecule has 1 aromatic carbocycles. The molecule has 18 heavy (non-hydrogen) atoms. The van der Waals surface area contributed by atoms with Gasteiger partial charge in [-0.1, -0.05) is 13.8 Å². The Morgan fingerprint density at radius 3 is 2.78 bits per heavy atom. The number of phenols is 1. The van der Waals surface area contributed by atoms with Crippen LogP contribution in [0.2, 0.25) is 0 Å². The summed E-state index contributed by atoms with van der Waals surface area (Å²) < 4.78 is 1.92. The van der Waals surface area contributed by atoms with Crippen molar-refractivity contribution in [1.29, 1.82) is 0 Å². The topological polar surface area (TPSA) is 64.1 Å². The molecule has 0 amide bonds. The predicted molar refractivity (Wildman–Crippen MR) is 73.3 cm³/mol. The number of phenolic OH excluding ortho intramolecular Hbond substituents is 1. The van der Waals surface area contributed by atoms with E-state index >= 15 is 0 Å². The Morgan fingerprint density at radius 1 is 1.39 bits per heavy atom. The van der Waals surface area contributed by atoms with Crippen molar-refractivity contribution in [1.82, 2.24) is 9.78 Å². The maximum atomic E-state index is 9.69. The number of aromatic hydroxyl groups is 1. The van der Waals surface area contributed by atoms with E-state index in [1.165, 1.54) is 0 Å². The number of hydrogen-bond acceptors (Lipinski definition) is 3. The molecule has 0 saturated carbocycles. The first-order valence-corrected chi connectivity index (χ1v) is 6.09. The molecule has 1 aromatic heterocycles. The van der Waals surface area contributed by atoms with E-state index in [2.05, 4.69) is 18.9 Å². The van der Waals surface area contributed by atoms with Gasteiger partial charge in [0.2, 0.25) is 0 Å². The standard InChI is InChI=1S/C14H19N3O/c1-9(2)7-17-8-11(6-16-17)12-5-14(18)13(15)4-10(12)3/h4-6,8-9,18H,7,15H2,1-3H3.